The average Bonchev–Trinajstić information content (AvgIpc) is 3.58. The van der Waals surface area contributed by atoms with Crippen molar-refractivity contribution < 1.29 is 19.0 Å². The molecule has 54 heavy (non-hydrogen) atoms. The molecule has 2 aromatic carbocycles. The lowest BCUT2D eigenvalue weighted by molar-refractivity contribution is -0.169. The van der Waals surface area contributed by atoms with E-state index in [1.54, 1.807) is 12.3 Å². The monoisotopic (exact) mass is 755 g/mol. The van der Waals surface area contributed by atoms with E-state index >= 15 is 0 Å². The number of ketones is 1. The Bertz CT molecular complexity index is 1910. The van der Waals surface area contributed by atoms with Crippen molar-refractivity contribution in [2.75, 3.05) is 0 Å². The van der Waals surface area contributed by atoms with E-state index in [1.165, 1.54) is 33.5 Å². The molecule has 0 spiro atoms. The van der Waals surface area contributed by atoms with E-state index in [4.69, 9.17) is 16.3 Å². The van der Waals surface area contributed by atoms with Gasteiger partial charge in [0, 0.05) is 5.41 Å². The first kappa shape index (κ1) is 41.4. The Hall–Kier alpha value is -3.81. The van der Waals surface area contributed by atoms with Crippen molar-refractivity contribution in [3.8, 4) is 11.4 Å². The van der Waals surface area contributed by atoms with E-state index in [1.807, 2.05) is 37.3 Å². The number of hydrogen-bond donors (Lipinski definition) is 1. The second-order valence-corrected chi connectivity index (χ2v) is 17.5. The van der Waals surface area contributed by atoms with Crippen molar-refractivity contribution in [1.29, 1.82) is 0 Å². The molecule has 5 rings (SSSR count). The predicted molar refractivity (Wildman–Crippen MR) is 218 cm³/mol. The van der Waals surface area contributed by atoms with Crippen LogP contribution in [0.2, 0.25) is 5.02 Å². The van der Waals surface area contributed by atoms with E-state index in [0.717, 1.165) is 56.1 Å². The number of aliphatic hydroxyl groups is 1. The molecule has 0 amide bonds. The Labute approximate surface area is 327 Å². The van der Waals surface area contributed by atoms with E-state index in [9.17, 15) is 14.3 Å². The number of aromatic nitrogens is 3. The molecule has 0 radical (unpaired) electrons. The molecule has 2 aliphatic carbocycles. The zero-order valence-electron chi connectivity index (χ0n) is 33.5. The molecule has 2 fully saturated rings. The van der Waals surface area contributed by atoms with E-state index in [0.29, 0.717) is 30.0 Å². The highest BCUT2D eigenvalue weighted by Gasteiger charge is 2.61. The number of carbonyl (C=O) groups excluding carboxylic acids is 1. The minimum Gasteiger partial charge on any atom is -0.487 e. The van der Waals surface area contributed by atoms with Crippen molar-refractivity contribution in [3.63, 3.8) is 0 Å². The number of fused-ring (bicyclic) bond motifs is 1. The molecule has 1 aromatic heterocycles. The average molecular weight is 756 g/mol. The number of benzene rings is 2. The van der Waals surface area contributed by atoms with Crippen LogP contribution in [0.1, 0.15) is 124 Å². The second kappa shape index (κ2) is 17.3. The van der Waals surface area contributed by atoms with E-state index in [2.05, 4.69) is 77.0 Å². The van der Waals surface area contributed by atoms with Gasteiger partial charge in [-0.05, 0) is 157 Å². The molecule has 290 valence electrons. The van der Waals surface area contributed by atoms with Gasteiger partial charge in [-0.1, -0.05) is 84.7 Å². The van der Waals surface area contributed by atoms with Crippen LogP contribution < -0.4 is 4.74 Å². The quantitative estimate of drug-likeness (QED) is 0.131. The van der Waals surface area contributed by atoms with Crippen molar-refractivity contribution in [2.45, 2.75) is 125 Å². The number of nitrogens with zero attached hydrogens (tertiary/aromatic N) is 3. The SMILES string of the molecule is CC(C)=CCC/C(C)=C/CC/C(C)=C/CC[C@@H]1[C@@]2(C)C/C(=C\c3ccc(OCc4cn(-c5ccc(F)c(Cl)c5)nn4)cc3)C(=O)C(C)(C)[C@@H]2CC[C@@]1(C)O. The third-order valence-electron chi connectivity index (χ3n) is 12.0. The van der Waals surface area contributed by atoms with Gasteiger partial charge >= 0.3 is 0 Å². The molecule has 8 heteroatoms. The molecule has 4 atom stereocenters. The van der Waals surface area contributed by atoms with Crippen LogP contribution in [0.5, 0.6) is 5.75 Å². The molecule has 3 aromatic rings. The maximum absolute atomic E-state index is 14.1. The predicted octanol–water partition coefficient (Wildman–Crippen LogP) is 12.0. The Kier molecular flexibility index (Phi) is 13.3. The van der Waals surface area contributed by atoms with E-state index < -0.39 is 16.8 Å². The van der Waals surface area contributed by atoms with Gasteiger partial charge < -0.3 is 9.84 Å². The van der Waals surface area contributed by atoms with Gasteiger partial charge in [-0.2, -0.15) is 0 Å². The molecule has 1 heterocycles. The molecule has 6 nitrogen and oxygen atoms in total. The van der Waals surface area contributed by atoms with Crippen LogP contribution in [0.3, 0.4) is 0 Å². The smallest absolute Gasteiger partial charge is 0.164 e. The summed E-state index contributed by atoms with van der Waals surface area (Å²) in [6.07, 6.45) is 19.2. The fourth-order valence-electron chi connectivity index (χ4n) is 9.12. The van der Waals surface area contributed by atoms with Gasteiger partial charge in [0.25, 0.3) is 0 Å². The molecule has 0 bridgehead atoms. The summed E-state index contributed by atoms with van der Waals surface area (Å²) >= 11 is 5.93. The standard InChI is InChI=1S/C46H59ClFN3O3/c1-31(2)12-9-13-32(3)14-10-15-33(4)16-11-17-42-45(7)28-35(43(52)44(5,6)41(45)24-25-46(42,8)53)26-34-18-21-38(22-19-34)54-30-36-29-51(50-49-36)37-20-23-40(48)39(47)27-37/h12,14,16,18-23,26-27,29,41-42,53H,9-11,13,15,17,24-25,28,30H2,1-8H3/b32-14+,33-16+,35-26+/t41-,42+,45-,46+/m0/s1. The third-order valence-corrected chi connectivity index (χ3v) is 12.3. The molecule has 0 unspecified atom stereocenters. The topological polar surface area (TPSA) is 77.2 Å². The van der Waals surface area contributed by atoms with Crippen LogP contribution in [-0.2, 0) is 11.4 Å². The Morgan fingerprint density at radius 2 is 1.65 bits per heavy atom. The number of Topliss-reactive ketones (excluding diaryl/α,β-unsaturated/α-hetero) is 1. The number of carbonyl (C=O) groups is 1. The fourth-order valence-corrected chi connectivity index (χ4v) is 9.29. The molecular weight excluding hydrogens is 697 g/mol. The maximum atomic E-state index is 14.1. The van der Waals surface area contributed by atoms with E-state index in [-0.39, 0.29) is 34.7 Å². The Morgan fingerprint density at radius 1 is 0.981 bits per heavy atom. The second-order valence-electron chi connectivity index (χ2n) is 17.1. The number of rotatable bonds is 14. The van der Waals surface area contributed by atoms with Crippen LogP contribution in [-0.4, -0.2) is 31.5 Å². The zero-order chi connectivity index (χ0) is 39.3. The summed E-state index contributed by atoms with van der Waals surface area (Å²) in [5.41, 5.74) is 5.64. The van der Waals surface area contributed by atoms with Crippen LogP contribution >= 0.6 is 11.6 Å². The number of ether oxygens (including phenoxy) is 1. The van der Waals surface area contributed by atoms with Crippen LogP contribution in [0.15, 0.2) is 89.2 Å². The first-order valence-electron chi connectivity index (χ1n) is 19.5. The molecule has 0 aliphatic heterocycles. The highest BCUT2D eigenvalue weighted by Crippen LogP contribution is 2.63. The van der Waals surface area contributed by atoms with Gasteiger partial charge in [-0.3, -0.25) is 4.79 Å². The summed E-state index contributed by atoms with van der Waals surface area (Å²) in [5, 5.41) is 20.2. The maximum Gasteiger partial charge on any atom is 0.164 e. The molecule has 2 aliphatic rings. The van der Waals surface area contributed by atoms with Gasteiger partial charge in [-0.25, -0.2) is 9.07 Å². The first-order valence-corrected chi connectivity index (χ1v) is 19.9. The van der Waals surface area contributed by atoms with Crippen LogP contribution in [0.4, 0.5) is 4.39 Å². The Balaban J connectivity index is 1.24. The van der Waals surface area contributed by atoms with Crippen LogP contribution in [0, 0.1) is 28.5 Å². The largest absolute Gasteiger partial charge is 0.487 e. The molecular formula is C46H59ClFN3O3. The normalized spacial score (nSPS) is 25.1. The first-order chi connectivity index (χ1) is 25.5. The summed E-state index contributed by atoms with van der Waals surface area (Å²) < 4.78 is 21.1. The summed E-state index contributed by atoms with van der Waals surface area (Å²) in [6, 6.07) is 12.1. The minimum atomic E-state index is -0.796. The van der Waals surface area contributed by atoms with Gasteiger partial charge in [0.1, 0.15) is 23.9 Å². The summed E-state index contributed by atoms with van der Waals surface area (Å²) in [6.45, 7) is 17.5. The van der Waals surface area contributed by atoms with Gasteiger partial charge in [-0.15, -0.1) is 5.10 Å². The van der Waals surface area contributed by atoms with Crippen LogP contribution in [0.25, 0.3) is 11.8 Å². The number of halogens is 2. The summed E-state index contributed by atoms with van der Waals surface area (Å²) in [5.74, 6) is 0.634. The molecule has 2 saturated carbocycles. The highest BCUT2D eigenvalue weighted by molar-refractivity contribution is 6.30. The number of hydrogen-bond acceptors (Lipinski definition) is 5. The van der Waals surface area contributed by atoms with Crippen molar-refractivity contribution in [2.24, 2.45) is 22.7 Å². The van der Waals surface area contributed by atoms with Crippen molar-refractivity contribution in [1.82, 2.24) is 15.0 Å². The Morgan fingerprint density at radius 3 is 2.31 bits per heavy atom. The lowest BCUT2D eigenvalue weighted by Gasteiger charge is -2.61. The van der Waals surface area contributed by atoms with Gasteiger partial charge in [0.05, 0.1) is 22.5 Å². The molecule has 0 saturated heterocycles. The third kappa shape index (κ3) is 9.89. The summed E-state index contributed by atoms with van der Waals surface area (Å²) in [4.78, 5) is 14.1. The lowest BCUT2D eigenvalue weighted by atomic mass is 9.44. The molecule has 1 N–H and O–H groups in total. The fraction of sp³-hybridized carbons (Fsp3) is 0.500. The summed E-state index contributed by atoms with van der Waals surface area (Å²) in [7, 11) is 0. The highest BCUT2D eigenvalue weighted by atomic mass is 35.5. The minimum absolute atomic E-state index is 0.0164. The van der Waals surface area contributed by atoms with Gasteiger partial charge in [0.2, 0.25) is 0 Å². The lowest BCUT2D eigenvalue weighted by Crippen LogP contribution is -2.60. The zero-order valence-corrected chi connectivity index (χ0v) is 34.3. The number of allylic oxidation sites excluding steroid dienone is 7. The van der Waals surface area contributed by atoms with Crippen molar-refractivity contribution in [3.05, 3.63) is 111 Å². The van der Waals surface area contributed by atoms with Gasteiger partial charge in [0.15, 0.2) is 5.78 Å². The van der Waals surface area contributed by atoms with Crippen molar-refractivity contribution >= 4 is 23.5 Å².